The van der Waals surface area contributed by atoms with E-state index in [0.29, 0.717) is 16.9 Å². The van der Waals surface area contributed by atoms with Crippen LogP contribution in [0.1, 0.15) is 10.4 Å². The summed E-state index contributed by atoms with van der Waals surface area (Å²) in [6.45, 7) is 0.494. The van der Waals surface area contributed by atoms with Crippen LogP contribution in [-0.4, -0.2) is 32.6 Å². The van der Waals surface area contributed by atoms with E-state index in [1.165, 1.54) is 37.4 Å². The van der Waals surface area contributed by atoms with Gasteiger partial charge >= 0.3 is 12.3 Å². The van der Waals surface area contributed by atoms with Gasteiger partial charge in [0.2, 0.25) is 0 Å². The van der Waals surface area contributed by atoms with Gasteiger partial charge in [0.15, 0.2) is 0 Å². The number of alkyl halides is 3. The summed E-state index contributed by atoms with van der Waals surface area (Å²) in [6.07, 6.45) is -4.79. The van der Waals surface area contributed by atoms with Gasteiger partial charge in [0, 0.05) is 6.54 Å². The van der Waals surface area contributed by atoms with Crippen LogP contribution in [0.4, 0.5) is 13.2 Å². The second-order valence-corrected chi connectivity index (χ2v) is 4.95. The zero-order valence-electron chi connectivity index (χ0n) is 13.3. The lowest BCUT2D eigenvalue weighted by molar-refractivity contribution is -0.274. The number of carbonyl (C=O) groups is 1. The van der Waals surface area contributed by atoms with Crippen molar-refractivity contribution in [1.82, 2.24) is 0 Å². The van der Waals surface area contributed by atoms with Gasteiger partial charge in [-0.05, 0) is 41.5 Å². The van der Waals surface area contributed by atoms with Crippen molar-refractivity contribution in [2.75, 3.05) is 20.3 Å². The fourth-order valence-electron chi connectivity index (χ4n) is 2.13. The smallest absolute Gasteiger partial charge is 0.492 e. The van der Waals surface area contributed by atoms with Crippen molar-refractivity contribution in [1.29, 1.82) is 0 Å². The molecule has 0 bridgehead atoms. The Morgan fingerprint density at radius 2 is 1.80 bits per heavy atom. The fourth-order valence-corrected chi connectivity index (χ4v) is 2.13. The molecule has 0 saturated carbocycles. The minimum Gasteiger partial charge on any atom is -0.492 e. The molecule has 8 heteroatoms. The third-order valence-corrected chi connectivity index (χ3v) is 3.12. The lowest BCUT2D eigenvalue weighted by Gasteiger charge is -2.12. The van der Waals surface area contributed by atoms with Crippen LogP contribution in [-0.2, 0) is 4.74 Å². The maximum Gasteiger partial charge on any atom is 0.573 e. The second-order valence-electron chi connectivity index (χ2n) is 4.95. The first-order valence-electron chi connectivity index (χ1n) is 7.25. The number of ether oxygens (including phenoxy) is 3. The standard InChI is InChI=1S/C17H16F3NO4/c1-23-16(22)13-7-12(9-15(10-13)24-6-5-21)11-3-2-4-14(8-11)25-17(18,19)20/h2-4,7-10H,5-6,21H2,1H3. The Balaban J connectivity index is 2.43. The van der Waals surface area contributed by atoms with Gasteiger partial charge in [0.25, 0.3) is 0 Å². The molecule has 134 valence electrons. The van der Waals surface area contributed by atoms with Gasteiger partial charge in [0.05, 0.1) is 12.7 Å². The van der Waals surface area contributed by atoms with Gasteiger partial charge in [-0.1, -0.05) is 12.1 Å². The van der Waals surface area contributed by atoms with E-state index in [1.807, 2.05) is 0 Å². The van der Waals surface area contributed by atoms with Crippen LogP contribution in [0.2, 0.25) is 0 Å². The highest BCUT2D eigenvalue weighted by atomic mass is 19.4. The van der Waals surface area contributed by atoms with Crippen molar-refractivity contribution in [2.24, 2.45) is 5.73 Å². The maximum atomic E-state index is 12.4. The average molecular weight is 355 g/mol. The first kappa shape index (κ1) is 18.6. The maximum absolute atomic E-state index is 12.4. The van der Waals surface area contributed by atoms with Crippen LogP contribution in [0.5, 0.6) is 11.5 Å². The molecule has 2 N–H and O–H groups in total. The first-order chi connectivity index (χ1) is 11.8. The predicted molar refractivity (Wildman–Crippen MR) is 84.4 cm³/mol. The molecule has 0 radical (unpaired) electrons. The number of nitrogens with two attached hydrogens (primary N) is 1. The summed E-state index contributed by atoms with van der Waals surface area (Å²) in [6, 6.07) is 9.97. The van der Waals surface area contributed by atoms with Crippen LogP contribution in [0.25, 0.3) is 11.1 Å². The van der Waals surface area contributed by atoms with Crippen molar-refractivity contribution in [3.8, 4) is 22.6 Å². The molecule has 0 unspecified atom stereocenters. The third kappa shape index (κ3) is 5.39. The molecule has 0 atom stereocenters. The SMILES string of the molecule is COC(=O)c1cc(OCCN)cc(-c2cccc(OC(F)(F)F)c2)c1. The summed E-state index contributed by atoms with van der Waals surface area (Å²) < 4.78 is 51.2. The molecule has 0 aromatic heterocycles. The lowest BCUT2D eigenvalue weighted by Crippen LogP contribution is -2.17. The van der Waals surface area contributed by atoms with Gasteiger partial charge in [-0.15, -0.1) is 13.2 Å². The molecule has 2 aromatic carbocycles. The van der Waals surface area contributed by atoms with Gasteiger partial charge in [-0.3, -0.25) is 0 Å². The first-order valence-corrected chi connectivity index (χ1v) is 7.25. The summed E-state index contributed by atoms with van der Waals surface area (Å²) >= 11 is 0. The van der Waals surface area contributed by atoms with Crippen molar-refractivity contribution >= 4 is 5.97 Å². The molecule has 5 nitrogen and oxygen atoms in total. The molecule has 0 aliphatic rings. The van der Waals surface area contributed by atoms with Crippen LogP contribution in [0, 0.1) is 0 Å². The number of carbonyl (C=O) groups excluding carboxylic acids is 1. The van der Waals surface area contributed by atoms with E-state index < -0.39 is 12.3 Å². The van der Waals surface area contributed by atoms with Crippen LogP contribution in [0.3, 0.4) is 0 Å². The minimum absolute atomic E-state index is 0.203. The monoisotopic (exact) mass is 355 g/mol. The Hall–Kier alpha value is -2.74. The molecule has 2 aromatic rings. The molecule has 0 fully saturated rings. The normalized spacial score (nSPS) is 11.1. The van der Waals surface area contributed by atoms with E-state index in [2.05, 4.69) is 9.47 Å². The number of hydrogen-bond acceptors (Lipinski definition) is 5. The second kappa shape index (κ2) is 7.89. The highest BCUT2D eigenvalue weighted by Gasteiger charge is 2.31. The molecule has 0 aliphatic heterocycles. The van der Waals surface area contributed by atoms with Crippen LogP contribution >= 0.6 is 0 Å². The number of esters is 1. The van der Waals surface area contributed by atoms with Crippen molar-refractivity contribution < 1.29 is 32.2 Å². The number of benzene rings is 2. The molecular formula is C17H16F3NO4. The van der Waals surface area contributed by atoms with Gasteiger partial charge in [-0.25, -0.2) is 4.79 Å². The molecule has 0 spiro atoms. The lowest BCUT2D eigenvalue weighted by atomic mass is 10.0. The van der Waals surface area contributed by atoms with Crippen LogP contribution in [0.15, 0.2) is 42.5 Å². The zero-order chi connectivity index (χ0) is 18.4. The summed E-state index contributed by atoms with van der Waals surface area (Å²) in [5.41, 5.74) is 6.49. The number of halogens is 3. The van der Waals surface area contributed by atoms with Crippen molar-refractivity contribution in [3.05, 3.63) is 48.0 Å². The third-order valence-electron chi connectivity index (χ3n) is 3.12. The van der Waals surface area contributed by atoms with Crippen LogP contribution < -0.4 is 15.2 Å². The molecule has 2 rings (SSSR count). The van der Waals surface area contributed by atoms with E-state index >= 15 is 0 Å². The minimum atomic E-state index is -4.79. The van der Waals surface area contributed by atoms with Crippen molar-refractivity contribution in [2.45, 2.75) is 6.36 Å². The predicted octanol–water partition coefficient (Wildman–Crippen LogP) is 3.38. The summed E-state index contributed by atoms with van der Waals surface area (Å²) in [7, 11) is 1.23. The number of hydrogen-bond donors (Lipinski definition) is 1. The van der Waals surface area contributed by atoms with Gasteiger partial charge in [-0.2, -0.15) is 0 Å². The Labute approximate surface area is 142 Å². The van der Waals surface area contributed by atoms with E-state index in [1.54, 1.807) is 12.1 Å². The Morgan fingerprint density at radius 3 is 2.44 bits per heavy atom. The van der Waals surface area contributed by atoms with Gasteiger partial charge < -0.3 is 19.9 Å². The molecule has 0 saturated heterocycles. The zero-order valence-corrected chi connectivity index (χ0v) is 13.3. The molecule has 0 heterocycles. The fraction of sp³-hybridized carbons (Fsp3) is 0.235. The Bertz CT molecular complexity index is 747. The summed E-state index contributed by atoms with van der Waals surface area (Å²) in [5, 5.41) is 0. The van der Waals surface area contributed by atoms with E-state index in [-0.39, 0.29) is 24.5 Å². The number of rotatable bonds is 6. The highest BCUT2D eigenvalue weighted by molar-refractivity contribution is 5.91. The largest absolute Gasteiger partial charge is 0.573 e. The highest BCUT2D eigenvalue weighted by Crippen LogP contribution is 2.31. The Morgan fingerprint density at radius 1 is 1.08 bits per heavy atom. The topological polar surface area (TPSA) is 70.8 Å². The molecular weight excluding hydrogens is 339 g/mol. The van der Waals surface area contributed by atoms with Crippen molar-refractivity contribution in [3.63, 3.8) is 0 Å². The number of methoxy groups -OCH3 is 1. The van der Waals surface area contributed by atoms with E-state index in [0.717, 1.165) is 0 Å². The average Bonchev–Trinajstić information content (AvgIpc) is 2.57. The molecule has 25 heavy (non-hydrogen) atoms. The summed E-state index contributed by atoms with van der Waals surface area (Å²) in [5.74, 6) is -0.606. The quantitative estimate of drug-likeness (QED) is 0.805. The van der Waals surface area contributed by atoms with Gasteiger partial charge in [0.1, 0.15) is 18.1 Å². The molecule has 0 aliphatic carbocycles. The summed E-state index contributed by atoms with van der Waals surface area (Å²) in [4.78, 5) is 11.8. The molecule has 0 amide bonds. The van der Waals surface area contributed by atoms with E-state index in [9.17, 15) is 18.0 Å². The Kier molecular flexibility index (Phi) is 5.87. The van der Waals surface area contributed by atoms with E-state index in [4.69, 9.17) is 10.5 Å².